The van der Waals surface area contributed by atoms with Gasteiger partial charge in [0.15, 0.2) is 0 Å². The average Bonchev–Trinajstić information content (AvgIpc) is 2.32. The molecule has 0 bridgehead atoms. The molecule has 90 valence electrons. The maximum absolute atomic E-state index is 10.9. The van der Waals surface area contributed by atoms with E-state index in [1.807, 2.05) is 0 Å². The molecule has 0 aromatic carbocycles. The van der Waals surface area contributed by atoms with E-state index in [0.717, 1.165) is 0 Å². The van der Waals surface area contributed by atoms with Crippen molar-refractivity contribution in [3.05, 3.63) is 34.7 Å². The zero-order valence-corrected chi connectivity index (χ0v) is 9.91. The molecule has 6 nitrogen and oxygen atoms in total. The number of alkyl halides is 1. The molecule has 0 spiro atoms. The minimum Gasteiger partial charge on any atom is -0.461 e. The number of carbonyl (C=O) groups is 1. The Balaban J connectivity index is 4.57. The van der Waals surface area contributed by atoms with Crippen LogP contribution in [-0.2, 0) is 9.53 Å². The van der Waals surface area contributed by atoms with Crippen LogP contribution >= 0.6 is 11.6 Å². The minimum atomic E-state index is -0.643. The largest absolute Gasteiger partial charge is 0.461 e. The molecule has 17 heavy (non-hydrogen) atoms. The van der Waals surface area contributed by atoms with Crippen molar-refractivity contribution in [3.8, 4) is 6.07 Å². The number of nitrogens with zero attached hydrogens (tertiary/aromatic N) is 4. The molecule has 0 saturated heterocycles. The number of allylic oxidation sites excluding steroid dienone is 3. The van der Waals surface area contributed by atoms with Gasteiger partial charge in [-0.15, -0.1) is 11.6 Å². The number of ether oxygens (including phenoxy) is 1. The molecular formula is C10H11ClN4O2. The van der Waals surface area contributed by atoms with Crippen molar-refractivity contribution in [3.63, 3.8) is 0 Å². The molecule has 0 N–H and O–H groups in total. The van der Waals surface area contributed by atoms with Gasteiger partial charge in [0.1, 0.15) is 12.0 Å². The first-order valence-corrected chi connectivity index (χ1v) is 5.21. The van der Waals surface area contributed by atoms with E-state index in [1.54, 1.807) is 13.0 Å². The SMILES string of the molecule is C[C@@H](OC(=O)CCl)[C@@H](/C=C/C=C/C#N)N=[N+]=[N-]. The average molecular weight is 255 g/mol. The maximum Gasteiger partial charge on any atom is 0.321 e. The lowest BCUT2D eigenvalue weighted by molar-refractivity contribution is -0.145. The summed E-state index contributed by atoms with van der Waals surface area (Å²) in [5.74, 6) is -0.843. The Morgan fingerprint density at radius 2 is 2.41 bits per heavy atom. The highest BCUT2D eigenvalue weighted by atomic mass is 35.5. The Morgan fingerprint density at radius 1 is 1.71 bits per heavy atom. The van der Waals surface area contributed by atoms with Crippen LogP contribution in [0, 0.1) is 11.3 Å². The van der Waals surface area contributed by atoms with E-state index in [0.29, 0.717) is 0 Å². The molecule has 7 heteroatoms. The highest BCUT2D eigenvalue weighted by Gasteiger charge is 2.16. The fourth-order valence-corrected chi connectivity index (χ4v) is 0.997. The molecule has 0 heterocycles. The number of esters is 1. The third kappa shape index (κ3) is 7.01. The first kappa shape index (κ1) is 15.0. The second kappa shape index (κ2) is 9.28. The molecule has 0 aromatic rings. The standard InChI is InChI=1S/C10H11ClN4O2/c1-8(17-10(16)7-11)9(14-15-13)5-3-2-4-6-12/h2-5,8-9H,7H2,1H3/b4-2+,5-3+/t8-,9-/m1/s1. The summed E-state index contributed by atoms with van der Waals surface area (Å²) in [4.78, 5) is 13.6. The van der Waals surface area contributed by atoms with Crippen molar-refractivity contribution in [2.24, 2.45) is 5.11 Å². The molecule has 0 amide bonds. The number of carbonyl (C=O) groups excluding carboxylic acids is 1. The van der Waals surface area contributed by atoms with E-state index in [4.69, 9.17) is 27.1 Å². The number of hydrogen-bond donors (Lipinski definition) is 0. The van der Waals surface area contributed by atoms with Crippen LogP contribution < -0.4 is 0 Å². The van der Waals surface area contributed by atoms with Gasteiger partial charge < -0.3 is 4.74 Å². The zero-order chi connectivity index (χ0) is 13.1. The van der Waals surface area contributed by atoms with Crippen molar-refractivity contribution in [2.45, 2.75) is 19.1 Å². The normalized spacial score (nSPS) is 13.9. The third-order valence-corrected chi connectivity index (χ3v) is 1.90. The Bertz CT molecular complexity index is 394. The summed E-state index contributed by atoms with van der Waals surface area (Å²) in [6.45, 7) is 1.59. The minimum absolute atomic E-state index is 0.259. The Kier molecular flexibility index (Phi) is 8.21. The van der Waals surface area contributed by atoms with Crippen molar-refractivity contribution in [1.29, 1.82) is 5.26 Å². The highest BCUT2D eigenvalue weighted by Crippen LogP contribution is 2.07. The summed E-state index contributed by atoms with van der Waals surface area (Å²) >= 11 is 5.28. The van der Waals surface area contributed by atoms with Crippen LogP contribution in [0.15, 0.2) is 29.4 Å². The molecule has 0 aliphatic rings. The van der Waals surface area contributed by atoms with Crippen molar-refractivity contribution >= 4 is 17.6 Å². The van der Waals surface area contributed by atoms with Gasteiger partial charge in [0.2, 0.25) is 0 Å². The van der Waals surface area contributed by atoms with Crippen LogP contribution in [0.3, 0.4) is 0 Å². The number of halogens is 1. The van der Waals surface area contributed by atoms with Crippen LogP contribution in [-0.4, -0.2) is 24.0 Å². The summed E-state index contributed by atoms with van der Waals surface area (Å²) in [5.41, 5.74) is 8.37. The zero-order valence-electron chi connectivity index (χ0n) is 9.15. The van der Waals surface area contributed by atoms with Gasteiger partial charge in [0.25, 0.3) is 0 Å². The van der Waals surface area contributed by atoms with Gasteiger partial charge in [-0.3, -0.25) is 4.79 Å². The lowest BCUT2D eigenvalue weighted by atomic mass is 10.2. The van der Waals surface area contributed by atoms with Crippen LogP contribution in [0.2, 0.25) is 0 Å². The van der Waals surface area contributed by atoms with E-state index in [1.165, 1.54) is 24.3 Å². The first-order chi connectivity index (χ1) is 8.15. The van der Waals surface area contributed by atoms with E-state index in [9.17, 15) is 4.79 Å². The van der Waals surface area contributed by atoms with Crippen LogP contribution in [0.25, 0.3) is 10.4 Å². The molecule has 2 atom stereocenters. The molecular weight excluding hydrogens is 244 g/mol. The number of hydrogen-bond acceptors (Lipinski definition) is 4. The lowest BCUT2D eigenvalue weighted by Gasteiger charge is -2.16. The lowest BCUT2D eigenvalue weighted by Crippen LogP contribution is -2.26. The summed E-state index contributed by atoms with van der Waals surface area (Å²) < 4.78 is 4.90. The van der Waals surface area contributed by atoms with Gasteiger partial charge in [-0.2, -0.15) is 5.26 Å². The van der Waals surface area contributed by atoms with Crippen LogP contribution in [0.5, 0.6) is 0 Å². The molecule has 0 fully saturated rings. The Hall–Kier alpha value is -1.96. The second-order valence-corrected chi connectivity index (χ2v) is 3.16. The third-order valence-electron chi connectivity index (χ3n) is 1.68. The maximum atomic E-state index is 10.9. The van der Waals surface area contributed by atoms with Gasteiger partial charge in [-0.25, -0.2) is 0 Å². The molecule has 0 aromatic heterocycles. The first-order valence-electron chi connectivity index (χ1n) is 4.68. The molecule has 0 saturated carbocycles. The van der Waals surface area contributed by atoms with E-state index in [2.05, 4.69) is 10.0 Å². The number of nitriles is 1. The topological polar surface area (TPSA) is 98.9 Å². The fourth-order valence-electron chi connectivity index (χ4n) is 0.934. The molecule has 0 radical (unpaired) electrons. The predicted octanol–water partition coefficient (Wildman–Crippen LogP) is 2.47. The highest BCUT2D eigenvalue weighted by molar-refractivity contribution is 6.26. The van der Waals surface area contributed by atoms with Crippen molar-refractivity contribution in [1.82, 2.24) is 0 Å². The molecule has 0 rings (SSSR count). The summed E-state index contributed by atoms with van der Waals surface area (Å²) in [6.07, 6.45) is 5.19. The van der Waals surface area contributed by atoms with Crippen LogP contribution in [0.1, 0.15) is 6.92 Å². The number of azide groups is 1. The molecule has 0 aliphatic heterocycles. The Labute approximate surface area is 104 Å². The van der Waals surface area contributed by atoms with Crippen molar-refractivity contribution in [2.75, 3.05) is 5.88 Å². The fraction of sp³-hybridized carbons (Fsp3) is 0.400. The van der Waals surface area contributed by atoms with E-state index >= 15 is 0 Å². The van der Waals surface area contributed by atoms with Gasteiger partial charge in [0, 0.05) is 11.0 Å². The van der Waals surface area contributed by atoms with Gasteiger partial charge in [0.05, 0.1) is 12.1 Å². The smallest absolute Gasteiger partial charge is 0.321 e. The summed E-state index contributed by atoms with van der Waals surface area (Å²) in [5, 5.41) is 11.7. The quantitative estimate of drug-likeness (QED) is 0.138. The Morgan fingerprint density at radius 3 is 2.94 bits per heavy atom. The summed E-state index contributed by atoms with van der Waals surface area (Å²) in [6, 6.07) is 1.16. The predicted molar refractivity (Wildman–Crippen MR) is 63.1 cm³/mol. The molecule has 0 unspecified atom stereocenters. The van der Waals surface area contributed by atoms with Gasteiger partial charge >= 0.3 is 5.97 Å². The second-order valence-electron chi connectivity index (χ2n) is 2.90. The van der Waals surface area contributed by atoms with Crippen molar-refractivity contribution < 1.29 is 9.53 Å². The van der Waals surface area contributed by atoms with E-state index < -0.39 is 18.1 Å². The van der Waals surface area contributed by atoms with Gasteiger partial charge in [-0.05, 0) is 12.5 Å². The van der Waals surface area contributed by atoms with Gasteiger partial charge in [-0.1, -0.05) is 23.3 Å². The van der Waals surface area contributed by atoms with Crippen LogP contribution in [0.4, 0.5) is 0 Å². The van der Waals surface area contributed by atoms with E-state index in [-0.39, 0.29) is 5.88 Å². The number of rotatable bonds is 6. The summed E-state index contributed by atoms with van der Waals surface area (Å²) in [7, 11) is 0. The molecule has 0 aliphatic carbocycles. The monoisotopic (exact) mass is 254 g/mol.